The van der Waals surface area contributed by atoms with Crippen molar-refractivity contribution in [3.8, 4) is 11.4 Å². The number of benzene rings is 1. The molecule has 2 aromatic heterocycles. The van der Waals surface area contributed by atoms with E-state index in [-0.39, 0.29) is 0 Å². The molecule has 0 amide bonds. The molecule has 0 atom stereocenters. The van der Waals surface area contributed by atoms with Crippen molar-refractivity contribution < 1.29 is 9.53 Å². The van der Waals surface area contributed by atoms with E-state index in [2.05, 4.69) is 10.2 Å². The highest BCUT2D eigenvalue weighted by atomic mass is 16.5. The largest absolute Gasteiger partial charge is 0.465 e. The van der Waals surface area contributed by atoms with Crippen LogP contribution in [0.25, 0.3) is 17.0 Å². The Hall–Kier alpha value is -2.89. The molecule has 0 fully saturated rings. The van der Waals surface area contributed by atoms with Gasteiger partial charge in [0, 0.05) is 11.8 Å². The fourth-order valence-electron chi connectivity index (χ4n) is 2.03. The maximum absolute atomic E-state index is 11.6. The fraction of sp³-hybridized carbons (Fsp3) is 0.0714. The zero-order valence-corrected chi connectivity index (χ0v) is 10.8. The van der Waals surface area contributed by atoms with Gasteiger partial charge in [0.15, 0.2) is 11.5 Å². The standard InChI is InChI=1S/C14H12N4O2/c1-20-14(19)10-7-11(15)13-17-16-12(18(13)8-10)9-5-3-2-4-6-9/h2-8H,15H2,1H3. The first-order valence-electron chi connectivity index (χ1n) is 5.98. The second kappa shape index (κ2) is 4.65. The quantitative estimate of drug-likeness (QED) is 0.716. The minimum atomic E-state index is -0.452. The third-order valence-corrected chi connectivity index (χ3v) is 2.99. The molecule has 3 aromatic rings. The Morgan fingerprint density at radius 1 is 1.25 bits per heavy atom. The van der Waals surface area contributed by atoms with Crippen molar-refractivity contribution in [3.05, 3.63) is 48.2 Å². The number of fused-ring (bicyclic) bond motifs is 1. The number of ether oxygens (including phenoxy) is 1. The van der Waals surface area contributed by atoms with Gasteiger partial charge in [-0.3, -0.25) is 4.40 Å². The van der Waals surface area contributed by atoms with E-state index in [9.17, 15) is 4.79 Å². The molecule has 2 heterocycles. The number of rotatable bonds is 2. The lowest BCUT2D eigenvalue weighted by Gasteiger charge is -2.05. The topological polar surface area (TPSA) is 82.5 Å². The van der Waals surface area contributed by atoms with Crippen LogP contribution in [-0.4, -0.2) is 27.7 Å². The lowest BCUT2D eigenvalue weighted by molar-refractivity contribution is 0.0600. The summed E-state index contributed by atoms with van der Waals surface area (Å²) in [6.45, 7) is 0. The van der Waals surface area contributed by atoms with E-state index >= 15 is 0 Å². The Labute approximate surface area is 114 Å². The molecule has 0 saturated heterocycles. The van der Waals surface area contributed by atoms with Crippen molar-refractivity contribution in [2.45, 2.75) is 0 Å². The van der Waals surface area contributed by atoms with Gasteiger partial charge < -0.3 is 10.5 Å². The zero-order valence-electron chi connectivity index (χ0n) is 10.8. The smallest absolute Gasteiger partial charge is 0.339 e. The lowest BCUT2D eigenvalue weighted by Crippen LogP contribution is -2.05. The van der Waals surface area contributed by atoms with E-state index in [1.165, 1.54) is 13.2 Å². The Balaban J connectivity index is 2.25. The van der Waals surface area contributed by atoms with Crippen molar-refractivity contribution in [3.63, 3.8) is 0 Å². The van der Waals surface area contributed by atoms with Crippen LogP contribution < -0.4 is 5.73 Å². The van der Waals surface area contributed by atoms with Gasteiger partial charge in [0.25, 0.3) is 0 Å². The van der Waals surface area contributed by atoms with Gasteiger partial charge in [-0.15, -0.1) is 10.2 Å². The summed E-state index contributed by atoms with van der Waals surface area (Å²) in [4.78, 5) is 11.6. The van der Waals surface area contributed by atoms with E-state index in [1.54, 1.807) is 10.6 Å². The van der Waals surface area contributed by atoms with Gasteiger partial charge in [0.05, 0.1) is 18.4 Å². The number of nitrogen functional groups attached to an aromatic ring is 1. The summed E-state index contributed by atoms with van der Waals surface area (Å²) in [5.41, 5.74) is 8.04. The minimum absolute atomic E-state index is 0.356. The predicted octanol–water partition coefficient (Wildman–Crippen LogP) is 1.77. The molecule has 0 radical (unpaired) electrons. The van der Waals surface area contributed by atoms with E-state index in [1.807, 2.05) is 30.3 Å². The predicted molar refractivity (Wildman–Crippen MR) is 74.2 cm³/mol. The van der Waals surface area contributed by atoms with Crippen LogP contribution in [-0.2, 0) is 4.74 Å². The van der Waals surface area contributed by atoms with Crippen molar-refractivity contribution in [1.29, 1.82) is 0 Å². The van der Waals surface area contributed by atoms with E-state index in [0.29, 0.717) is 22.7 Å². The van der Waals surface area contributed by atoms with Gasteiger partial charge in [-0.25, -0.2) is 4.79 Å². The molecule has 0 saturated carbocycles. The number of esters is 1. The Kier molecular flexibility index (Phi) is 2.83. The Bertz CT molecular complexity index is 780. The summed E-state index contributed by atoms with van der Waals surface area (Å²) in [7, 11) is 1.33. The maximum atomic E-state index is 11.6. The summed E-state index contributed by atoms with van der Waals surface area (Å²) in [5, 5.41) is 8.19. The molecule has 0 aliphatic rings. The summed E-state index contributed by atoms with van der Waals surface area (Å²) in [6.07, 6.45) is 1.62. The number of hydrogen-bond donors (Lipinski definition) is 1. The highest BCUT2D eigenvalue weighted by Gasteiger charge is 2.14. The molecule has 0 unspecified atom stereocenters. The van der Waals surface area contributed by atoms with Gasteiger partial charge in [-0.1, -0.05) is 30.3 Å². The molecule has 3 rings (SSSR count). The maximum Gasteiger partial charge on any atom is 0.339 e. The molecule has 0 aliphatic carbocycles. The van der Waals surface area contributed by atoms with Crippen LogP contribution in [0.2, 0.25) is 0 Å². The highest BCUT2D eigenvalue weighted by molar-refractivity contribution is 5.91. The van der Waals surface area contributed by atoms with Gasteiger partial charge in [-0.2, -0.15) is 0 Å². The zero-order chi connectivity index (χ0) is 14.1. The van der Waals surface area contributed by atoms with Gasteiger partial charge in [0.1, 0.15) is 0 Å². The summed E-state index contributed by atoms with van der Waals surface area (Å²) in [5.74, 6) is 0.171. The average Bonchev–Trinajstić information content (AvgIpc) is 2.91. The van der Waals surface area contributed by atoms with Crippen LogP contribution in [0.4, 0.5) is 5.69 Å². The monoisotopic (exact) mass is 268 g/mol. The molecule has 2 N–H and O–H groups in total. The van der Waals surface area contributed by atoms with Crippen LogP contribution in [0.3, 0.4) is 0 Å². The number of nitrogens with zero attached hydrogens (tertiary/aromatic N) is 3. The van der Waals surface area contributed by atoms with Crippen LogP contribution in [0.5, 0.6) is 0 Å². The van der Waals surface area contributed by atoms with Gasteiger partial charge in [0.2, 0.25) is 0 Å². The number of nitrogens with two attached hydrogens (primary N) is 1. The van der Waals surface area contributed by atoms with E-state index < -0.39 is 5.97 Å². The minimum Gasteiger partial charge on any atom is -0.465 e. The number of pyridine rings is 1. The molecular weight excluding hydrogens is 256 g/mol. The summed E-state index contributed by atoms with van der Waals surface area (Å²) >= 11 is 0. The molecule has 6 heteroatoms. The molecule has 100 valence electrons. The third-order valence-electron chi connectivity index (χ3n) is 2.99. The molecule has 0 aliphatic heterocycles. The first-order valence-corrected chi connectivity index (χ1v) is 5.98. The number of anilines is 1. The van der Waals surface area contributed by atoms with Gasteiger partial charge in [-0.05, 0) is 6.07 Å². The molecule has 1 aromatic carbocycles. The number of methoxy groups -OCH3 is 1. The number of carbonyl (C=O) groups excluding carboxylic acids is 1. The number of aromatic nitrogens is 3. The third kappa shape index (κ3) is 1.87. The summed E-state index contributed by atoms with van der Waals surface area (Å²) in [6, 6.07) is 11.1. The average molecular weight is 268 g/mol. The number of hydrogen-bond acceptors (Lipinski definition) is 5. The molecule has 20 heavy (non-hydrogen) atoms. The lowest BCUT2D eigenvalue weighted by atomic mass is 10.2. The van der Waals surface area contributed by atoms with Crippen LogP contribution >= 0.6 is 0 Å². The van der Waals surface area contributed by atoms with Gasteiger partial charge >= 0.3 is 5.97 Å². The van der Waals surface area contributed by atoms with Crippen molar-refractivity contribution in [1.82, 2.24) is 14.6 Å². The van der Waals surface area contributed by atoms with Crippen LogP contribution in [0.1, 0.15) is 10.4 Å². The molecule has 6 nitrogen and oxygen atoms in total. The molecule has 0 bridgehead atoms. The molecule has 0 spiro atoms. The fourth-order valence-corrected chi connectivity index (χ4v) is 2.03. The van der Waals surface area contributed by atoms with Crippen LogP contribution in [0, 0.1) is 0 Å². The summed E-state index contributed by atoms with van der Waals surface area (Å²) < 4.78 is 6.41. The normalized spacial score (nSPS) is 10.7. The van der Waals surface area contributed by atoms with Crippen molar-refractivity contribution in [2.24, 2.45) is 0 Å². The second-order valence-electron chi connectivity index (χ2n) is 4.26. The van der Waals surface area contributed by atoms with E-state index in [0.717, 1.165) is 5.56 Å². The van der Waals surface area contributed by atoms with Crippen LogP contribution in [0.15, 0.2) is 42.6 Å². The number of carbonyl (C=O) groups is 1. The Morgan fingerprint density at radius 2 is 2.00 bits per heavy atom. The first kappa shape index (κ1) is 12.2. The second-order valence-corrected chi connectivity index (χ2v) is 4.26. The Morgan fingerprint density at radius 3 is 2.70 bits per heavy atom. The van der Waals surface area contributed by atoms with Crippen molar-refractivity contribution >= 4 is 17.3 Å². The first-order chi connectivity index (χ1) is 9.70. The van der Waals surface area contributed by atoms with Crippen molar-refractivity contribution in [2.75, 3.05) is 12.8 Å². The molecular formula is C14H12N4O2. The van der Waals surface area contributed by atoms with E-state index in [4.69, 9.17) is 10.5 Å². The SMILES string of the molecule is COC(=O)c1cc(N)c2nnc(-c3ccccc3)n2c1. The highest BCUT2D eigenvalue weighted by Crippen LogP contribution is 2.22.